The molecule has 0 radical (unpaired) electrons. The van der Waals surface area contributed by atoms with Crippen molar-refractivity contribution < 1.29 is 14.3 Å². The predicted molar refractivity (Wildman–Crippen MR) is 157 cm³/mol. The Kier molecular flexibility index (Phi) is 8.16. The summed E-state index contributed by atoms with van der Waals surface area (Å²) in [4.78, 5) is 23.3. The van der Waals surface area contributed by atoms with Crippen molar-refractivity contribution in [1.82, 2.24) is 34.3 Å². The quantitative estimate of drug-likeness (QED) is 0.269. The highest BCUT2D eigenvalue weighted by Crippen LogP contribution is 2.34. The summed E-state index contributed by atoms with van der Waals surface area (Å²) in [6.45, 7) is 13.1. The van der Waals surface area contributed by atoms with E-state index in [9.17, 15) is 10.1 Å². The second kappa shape index (κ2) is 11.8. The van der Waals surface area contributed by atoms with E-state index in [4.69, 9.17) is 9.47 Å². The number of carbonyl (C=O) groups excluding carboxylic acids is 1. The predicted octanol–water partition coefficient (Wildman–Crippen LogP) is 5.91. The first-order valence-electron chi connectivity index (χ1n) is 14.4. The van der Waals surface area contributed by atoms with E-state index in [1.165, 1.54) is 0 Å². The molecule has 1 saturated heterocycles. The summed E-state index contributed by atoms with van der Waals surface area (Å²) >= 11 is 0. The molecule has 220 valence electrons. The first kappa shape index (κ1) is 29.0. The second-order valence-electron chi connectivity index (χ2n) is 12.2. The van der Waals surface area contributed by atoms with Crippen LogP contribution in [-0.4, -0.2) is 59.0 Å². The van der Waals surface area contributed by atoms with Crippen molar-refractivity contribution in [3.05, 3.63) is 59.8 Å². The molecule has 1 aliphatic rings. The summed E-state index contributed by atoms with van der Waals surface area (Å²) in [5.41, 5.74) is 3.70. The van der Waals surface area contributed by atoms with E-state index in [2.05, 4.69) is 40.2 Å². The van der Waals surface area contributed by atoms with E-state index < -0.39 is 5.60 Å². The molecule has 0 saturated carbocycles. The molecule has 4 aromatic rings. The number of hydrogen-bond donors (Lipinski definition) is 0. The first-order chi connectivity index (χ1) is 20.0. The highest BCUT2D eigenvalue weighted by molar-refractivity contribution is 5.69. The van der Waals surface area contributed by atoms with Crippen LogP contribution in [0.1, 0.15) is 83.1 Å². The molecule has 0 aliphatic carbocycles. The Balaban J connectivity index is 1.44. The van der Waals surface area contributed by atoms with Crippen LogP contribution in [0.4, 0.5) is 4.79 Å². The molecule has 42 heavy (non-hydrogen) atoms. The first-order valence-corrected chi connectivity index (χ1v) is 14.4. The van der Waals surface area contributed by atoms with Gasteiger partial charge in [0.2, 0.25) is 5.88 Å². The zero-order chi connectivity index (χ0) is 30.0. The van der Waals surface area contributed by atoms with E-state index in [-0.39, 0.29) is 18.2 Å². The number of carbonyl (C=O) groups is 1. The van der Waals surface area contributed by atoms with E-state index in [0.29, 0.717) is 36.2 Å². The number of likely N-dealkylation sites (tertiary alicyclic amines) is 1. The van der Waals surface area contributed by atoms with Crippen LogP contribution in [0.2, 0.25) is 0 Å². The van der Waals surface area contributed by atoms with Gasteiger partial charge in [-0.1, -0.05) is 25.1 Å². The zero-order valence-corrected chi connectivity index (χ0v) is 25.1. The van der Waals surface area contributed by atoms with Crippen LogP contribution < -0.4 is 4.74 Å². The van der Waals surface area contributed by atoms with Gasteiger partial charge in [-0.2, -0.15) is 5.26 Å². The summed E-state index contributed by atoms with van der Waals surface area (Å²) in [6.07, 6.45) is 4.96. The minimum Gasteiger partial charge on any atom is -0.469 e. The SMILES string of the molecule is Cc1c(-c2cc(OC(CC(C)C)c3ccccn3)n3c(C#N)cnc3c2)nnn1C1CCN(C(=O)OC(C)(C)C)CC1. The van der Waals surface area contributed by atoms with Gasteiger partial charge >= 0.3 is 6.09 Å². The number of hydrogen-bond acceptors (Lipinski definition) is 8. The van der Waals surface area contributed by atoms with Gasteiger partial charge in [-0.3, -0.25) is 9.38 Å². The lowest BCUT2D eigenvalue weighted by atomic mass is 10.0. The summed E-state index contributed by atoms with van der Waals surface area (Å²) < 4.78 is 15.9. The van der Waals surface area contributed by atoms with Crippen LogP contribution in [0.15, 0.2) is 42.7 Å². The van der Waals surface area contributed by atoms with Crippen molar-refractivity contribution in [3.8, 4) is 23.2 Å². The van der Waals surface area contributed by atoms with Gasteiger partial charge in [0.15, 0.2) is 0 Å². The lowest BCUT2D eigenvalue weighted by Gasteiger charge is -2.33. The number of aromatic nitrogens is 6. The van der Waals surface area contributed by atoms with Gasteiger partial charge < -0.3 is 14.4 Å². The van der Waals surface area contributed by atoms with Crippen LogP contribution in [0.25, 0.3) is 16.9 Å². The number of pyridine rings is 2. The molecule has 0 bridgehead atoms. The highest BCUT2D eigenvalue weighted by atomic mass is 16.6. The molecule has 0 aromatic carbocycles. The fraction of sp³-hybridized carbons (Fsp3) is 0.484. The summed E-state index contributed by atoms with van der Waals surface area (Å²) in [7, 11) is 0. The highest BCUT2D eigenvalue weighted by Gasteiger charge is 2.29. The van der Waals surface area contributed by atoms with Crippen LogP contribution in [-0.2, 0) is 4.74 Å². The van der Waals surface area contributed by atoms with Gasteiger partial charge in [0.05, 0.1) is 23.6 Å². The topological polar surface area (TPSA) is 123 Å². The minimum absolute atomic E-state index is 0.112. The zero-order valence-electron chi connectivity index (χ0n) is 25.1. The average molecular weight is 571 g/mol. The van der Waals surface area contributed by atoms with E-state index in [0.717, 1.165) is 41.9 Å². The van der Waals surface area contributed by atoms with E-state index in [1.54, 1.807) is 21.7 Å². The van der Waals surface area contributed by atoms with Gasteiger partial charge in [-0.05, 0) is 71.1 Å². The number of ether oxygens (including phenoxy) is 2. The van der Waals surface area contributed by atoms with Crippen molar-refractivity contribution in [2.45, 2.75) is 78.6 Å². The number of nitriles is 1. The Morgan fingerprint density at radius 1 is 1.17 bits per heavy atom. The number of amides is 1. The summed E-state index contributed by atoms with van der Waals surface area (Å²) in [6, 6.07) is 11.9. The third-order valence-electron chi connectivity index (χ3n) is 7.32. The van der Waals surface area contributed by atoms with Gasteiger partial charge in [-0.15, -0.1) is 5.10 Å². The summed E-state index contributed by atoms with van der Waals surface area (Å²) in [5, 5.41) is 18.9. The van der Waals surface area contributed by atoms with Crippen molar-refractivity contribution in [2.75, 3.05) is 13.1 Å². The molecule has 5 heterocycles. The maximum atomic E-state index is 12.5. The lowest BCUT2D eigenvalue weighted by molar-refractivity contribution is 0.0183. The Hall–Kier alpha value is -4.46. The van der Waals surface area contributed by atoms with Crippen molar-refractivity contribution in [1.29, 1.82) is 5.26 Å². The van der Waals surface area contributed by atoms with Crippen LogP contribution >= 0.6 is 0 Å². The smallest absolute Gasteiger partial charge is 0.410 e. The molecule has 11 heteroatoms. The lowest BCUT2D eigenvalue weighted by Crippen LogP contribution is -2.42. The molecule has 11 nitrogen and oxygen atoms in total. The molecular weight excluding hydrogens is 532 g/mol. The maximum absolute atomic E-state index is 12.5. The molecule has 4 aromatic heterocycles. The van der Waals surface area contributed by atoms with Crippen LogP contribution in [0, 0.1) is 24.2 Å². The van der Waals surface area contributed by atoms with Gasteiger partial charge in [0, 0.05) is 30.9 Å². The fourth-order valence-electron chi connectivity index (χ4n) is 5.32. The summed E-state index contributed by atoms with van der Waals surface area (Å²) in [5.74, 6) is 0.852. The normalized spacial score (nSPS) is 15.1. The van der Waals surface area contributed by atoms with Gasteiger partial charge in [0.25, 0.3) is 0 Å². The number of rotatable bonds is 7. The molecule has 1 atom stereocenters. The van der Waals surface area contributed by atoms with E-state index >= 15 is 0 Å². The largest absolute Gasteiger partial charge is 0.469 e. The van der Waals surface area contributed by atoms with Crippen molar-refractivity contribution >= 4 is 11.7 Å². The molecule has 1 unspecified atom stereocenters. The monoisotopic (exact) mass is 570 g/mol. The van der Waals surface area contributed by atoms with Gasteiger partial charge in [-0.25, -0.2) is 14.5 Å². The van der Waals surface area contributed by atoms with Gasteiger partial charge in [0.1, 0.15) is 34.8 Å². The number of nitrogens with zero attached hydrogens (tertiary/aromatic N) is 8. The van der Waals surface area contributed by atoms with Crippen molar-refractivity contribution in [2.24, 2.45) is 5.92 Å². The van der Waals surface area contributed by atoms with Crippen LogP contribution in [0.5, 0.6) is 5.88 Å². The molecule has 1 aliphatic heterocycles. The molecule has 0 spiro atoms. The fourth-order valence-corrected chi connectivity index (χ4v) is 5.32. The minimum atomic E-state index is -0.524. The number of fused-ring (bicyclic) bond motifs is 1. The third-order valence-corrected chi connectivity index (χ3v) is 7.32. The number of piperidine rings is 1. The number of imidazole rings is 1. The molecule has 5 rings (SSSR count). The Labute approximate surface area is 246 Å². The second-order valence-corrected chi connectivity index (χ2v) is 12.2. The van der Waals surface area contributed by atoms with Crippen LogP contribution in [0.3, 0.4) is 0 Å². The Morgan fingerprint density at radius 3 is 2.57 bits per heavy atom. The maximum Gasteiger partial charge on any atom is 0.410 e. The average Bonchev–Trinajstić information content (AvgIpc) is 3.55. The Bertz CT molecular complexity index is 1590. The molecular formula is C31H38N8O3. The molecule has 1 fully saturated rings. The molecule has 0 N–H and O–H groups in total. The van der Waals surface area contributed by atoms with Crippen molar-refractivity contribution in [3.63, 3.8) is 0 Å². The standard InChI is InChI=1S/C31H38N8O3/c1-20(2)15-26(25-9-7-8-12-33-25)41-28-17-22(16-27-34-19-24(18-32)38(27)28)29-21(3)39(36-35-29)23-10-13-37(14-11-23)30(40)42-31(4,5)6/h7-9,12,16-17,19-20,23,26H,10-11,13-15H2,1-6H3. The van der Waals surface area contributed by atoms with E-state index in [1.807, 2.05) is 62.7 Å². The molecule has 1 amide bonds. The Morgan fingerprint density at radius 2 is 1.93 bits per heavy atom. The third kappa shape index (κ3) is 6.22.